The third-order valence-electron chi connectivity index (χ3n) is 4.05. The highest BCUT2D eigenvalue weighted by Crippen LogP contribution is 2.25. The van der Waals surface area contributed by atoms with E-state index in [4.69, 9.17) is 4.52 Å². The van der Waals surface area contributed by atoms with Crippen LogP contribution in [-0.2, 0) is 17.6 Å². The van der Waals surface area contributed by atoms with E-state index in [-0.39, 0.29) is 11.7 Å². The smallest absolute Gasteiger partial charge is 0.219 e. The largest absolute Gasteiger partial charge is 0.360 e. The number of aromatic nitrogens is 1. The standard InChI is InChI=1S/C15H22N2O3/c1-4-13-15(10(2)18)14(20-16-13)9-12-5-7-17(8-6-12)11(3)19/h12H,4-9H2,1-3H3. The Kier molecular flexibility index (Phi) is 4.57. The van der Waals surface area contributed by atoms with E-state index in [1.807, 2.05) is 11.8 Å². The predicted molar refractivity (Wildman–Crippen MR) is 74.6 cm³/mol. The van der Waals surface area contributed by atoms with Gasteiger partial charge >= 0.3 is 0 Å². The minimum atomic E-state index is 0.0271. The first-order chi connectivity index (χ1) is 9.52. The zero-order chi connectivity index (χ0) is 14.7. The molecule has 0 saturated carbocycles. The summed E-state index contributed by atoms with van der Waals surface area (Å²) in [5.74, 6) is 1.34. The third kappa shape index (κ3) is 3.08. The van der Waals surface area contributed by atoms with Crippen molar-refractivity contribution in [3.05, 3.63) is 17.0 Å². The van der Waals surface area contributed by atoms with Crippen molar-refractivity contribution in [1.29, 1.82) is 0 Å². The second-order valence-corrected chi connectivity index (χ2v) is 5.49. The molecule has 0 radical (unpaired) electrons. The Balaban J connectivity index is 2.03. The van der Waals surface area contributed by atoms with E-state index < -0.39 is 0 Å². The van der Waals surface area contributed by atoms with Crippen molar-refractivity contribution in [2.75, 3.05) is 13.1 Å². The van der Waals surface area contributed by atoms with Crippen molar-refractivity contribution in [2.24, 2.45) is 5.92 Å². The highest BCUT2D eigenvalue weighted by Gasteiger charge is 2.25. The molecular weight excluding hydrogens is 256 g/mol. The Bertz CT molecular complexity index is 499. The quantitative estimate of drug-likeness (QED) is 0.792. The van der Waals surface area contributed by atoms with Gasteiger partial charge in [-0.3, -0.25) is 9.59 Å². The van der Waals surface area contributed by atoms with Gasteiger partial charge < -0.3 is 9.42 Å². The van der Waals surface area contributed by atoms with Crippen LogP contribution in [-0.4, -0.2) is 34.8 Å². The van der Waals surface area contributed by atoms with Gasteiger partial charge in [-0.15, -0.1) is 0 Å². The van der Waals surface area contributed by atoms with E-state index in [9.17, 15) is 9.59 Å². The average molecular weight is 278 g/mol. The van der Waals surface area contributed by atoms with E-state index in [2.05, 4.69) is 5.16 Å². The maximum atomic E-state index is 11.7. The topological polar surface area (TPSA) is 63.4 Å². The minimum absolute atomic E-state index is 0.0271. The summed E-state index contributed by atoms with van der Waals surface area (Å²) < 4.78 is 5.37. The molecule has 1 fully saturated rings. The molecule has 0 spiro atoms. The molecule has 1 saturated heterocycles. The van der Waals surface area contributed by atoms with Gasteiger partial charge in [0, 0.05) is 26.4 Å². The van der Waals surface area contributed by atoms with Gasteiger partial charge in [-0.2, -0.15) is 0 Å². The second-order valence-electron chi connectivity index (χ2n) is 5.49. The van der Waals surface area contributed by atoms with Crippen LogP contribution in [0, 0.1) is 5.92 Å². The Labute approximate surface area is 119 Å². The molecule has 2 heterocycles. The molecule has 1 aromatic heterocycles. The van der Waals surface area contributed by atoms with Crippen LogP contribution in [0.3, 0.4) is 0 Å². The van der Waals surface area contributed by atoms with Crippen molar-refractivity contribution in [3.63, 3.8) is 0 Å². The molecule has 0 aromatic carbocycles. The molecule has 1 amide bonds. The summed E-state index contributed by atoms with van der Waals surface area (Å²) in [5.41, 5.74) is 1.43. The fraction of sp³-hybridized carbons (Fsp3) is 0.667. The minimum Gasteiger partial charge on any atom is -0.360 e. The van der Waals surface area contributed by atoms with Crippen LogP contribution >= 0.6 is 0 Å². The molecule has 1 aliphatic rings. The normalized spacial score (nSPS) is 16.4. The second kappa shape index (κ2) is 6.20. The number of amides is 1. The van der Waals surface area contributed by atoms with Gasteiger partial charge in [0.15, 0.2) is 5.78 Å². The van der Waals surface area contributed by atoms with Crippen LogP contribution < -0.4 is 0 Å². The fourth-order valence-corrected chi connectivity index (χ4v) is 2.86. The molecule has 0 N–H and O–H groups in total. The molecule has 2 rings (SSSR count). The number of carbonyl (C=O) groups is 2. The Morgan fingerprint density at radius 2 is 1.95 bits per heavy atom. The van der Waals surface area contributed by atoms with Crippen LogP contribution in [0.4, 0.5) is 0 Å². The molecule has 1 aliphatic heterocycles. The Hall–Kier alpha value is -1.65. The third-order valence-corrected chi connectivity index (χ3v) is 4.05. The fourth-order valence-electron chi connectivity index (χ4n) is 2.86. The molecule has 1 aromatic rings. The van der Waals surface area contributed by atoms with E-state index in [1.165, 1.54) is 0 Å². The van der Waals surface area contributed by atoms with Gasteiger partial charge in [-0.05, 0) is 32.1 Å². The van der Waals surface area contributed by atoms with Gasteiger partial charge in [-0.25, -0.2) is 0 Å². The summed E-state index contributed by atoms with van der Waals surface area (Å²) in [6, 6.07) is 0. The number of rotatable bonds is 4. The zero-order valence-electron chi connectivity index (χ0n) is 12.4. The van der Waals surface area contributed by atoms with Crippen LogP contribution in [0.5, 0.6) is 0 Å². The number of likely N-dealkylation sites (tertiary alicyclic amines) is 1. The van der Waals surface area contributed by atoms with Crippen molar-refractivity contribution in [1.82, 2.24) is 10.1 Å². The predicted octanol–water partition coefficient (Wildman–Crippen LogP) is 2.24. The van der Waals surface area contributed by atoms with Crippen LogP contribution in [0.25, 0.3) is 0 Å². The molecule has 0 aliphatic carbocycles. The summed E-state index contributed by atoms with van der Waals surface area (Å²) in [6.07, 6.45) is 3.37. The van der Waals surface area contributed by atoms with Gasteiger partial charge in [0.1, 0.15) is 5.76 Å². The molecule has 5 heteroatoms. The number of Topliss-reactive ketones (excluding diaryl/α,β-unsaturated/α-hetero) is 1. The van der Waals surface area contributed by atoms with Crippen LogP contribution in [0.1, 0.15) is 55.4 Å². The van der Waals surface area contributed by atoms with Crippen molar-refractivity contribution < 1.29 is 14.1 Å². The summed E-state index contributed by atoms with van der Waals surface area (Å²) in [4.78, 5) is 24.9. The Morgan fingerprint density at radius 1 is 1.30 bits per heavy atom. The van der Waals surface area contributed by atoms with Crippen LogP contribution in [0.2, 0.25) is 0 Å². The number of piperidine rings is 1. The SMILES string of the molecule is CCc1noc(CC2CCN(C(C)=O)CC2)c1C(C)=O. The summed E-state index contributed by atoms with van der Waals surface area (Å²) >= 11 is 0. The first-order valence-electron chi connectivity index (χ1n) is 7.26. The van der Waals surface area contributed by atoms with Crippen molar-refractivity contribution >= 4 is 11.7 Å². The lowest BCUT2D eigenvalue weighted by atomic mass is 9.90. The van der Waals surface area contributed by atoms with Gasteiger partial charge in [0.05, 0.1) is 11.3 Å². The number of aryl methyl sites for hydroxylation is 1. The molecule has 110 valence electrons. The maximum absolute atomic E-state index is 11.7. The summed E-state index contributed by atoms with van der Waals surface area (Å²) in [6.45, 7) is 6.74. The molecule has 0 unspecified atom stereocenters. The molecule has 5 nitrogen and oxygen atoms in total. The molecule has 0 bridgehead atoms. The molecular formula is C15H22N2O3. The van der Waals surface area contributed by atoms with Crippen LogP contribution in [0.15, 0.2) is 4.52 Å². The highest BCUT2D eigenvalue weighted by molar-refractivity contribution is 5.96. The van der Waals surface area contributed by atoms with Gasteiger partial charge in [0.2, 0.25) is 5.91 Å². The maximum Gasteiger partial charge on any atom is 0.219 e. The van der Waals surface area contributed by atoms with Crippen molar-refractivity contribution in [2.45, 2.75) is 46.5 Å². The number of hydrogen-bond donors (Lipinski definition) is 0. The van der Waals surface area contributed by atoms with Gasteiger partial charge in [0.25, 0.3) is 0 Å². The van der Waals surface area contributed by atoms with Gasteiger partial charge in [-0.1, -0.05) is 12.1 Å². The number of nitrogens with zero attached hydrogens (tertiary/aromatic N) is 2. The van der Waals surface area contributed by atoms with E-state index in [1.54, 1.807) is 13.8 Å². The molecule has 20 heavy (non-hydrogen) atoms. The first kappa shape index (κ1) is 14.8. The van der Waals surface area contributed by atoms with E-state index in [0.29, 0.717) is 17.9 Å². The lowest BCUT2D eigenvalue weighted by Gasteiger charge is -2.30. The number of hydrogen-bond acceptors (Lipinski definition) is 4. The van der Waals surface area contributed by atoms with E-state index >= 15 is 0 Å². The van der Waals surface area contributed by atoms with Crippen molar-refractivity contribution in [3.8, 4) is 0 Å². The zero-order valence-corrected chi connectivity index (χ0v) is 12.4. The first-order valence-corrected chi connectivity index (χ1v) is 7.26. The summed E-state index contributed by atoms with van der Waals surface area (Å²) in [5, 5.41) is 4.00. The lowest BCUT2D eigenvalue weighted by molar-refractivity contribution is -0.130. The monoisotopic (exact) mass is 278 g/mol. The average Bonchev–Trinajstić information content (AvgIpc) is 2.82. The van der Waals surface area contributed by atoms with E-state index in [0.717, 1.165) is 43.8 Å². The Morgan fingerprint density at radius 3 is 2.45 bits per heavy atom. The summed E-state index contributed by atoms with van der Waals surface area (Å²) in [7, 11) is 0. The lowest BCUT2D eigenvalue weighted by Crippen LogP contribution is -2.37. The number of ketones is 1. The highest BCUT2D eigenvalue weighted by atomic mass is 16.5. The number of carbonyl (C=O) groups excluding carboxylic acids is 2. The molecule has 0 atom stereocenters.